The zero-order valence-electron chi connectivity index (χ0n) is 18.2. The van der Waals surface area contributed by atoms with Gasteiger partial charge in [0.05, 0.1) is 6.61 Å². The Bertz CT molecular complexity index is 1360. The smallest absolute Gasteiger partial charge is 0.341 e. The highest BCUT2D eigenvalue weighted by Crippen LogP contribution is 2.21. The van der Waals surface area contributed by atoms with Crippen LogP contribution in [0.5, 0.6) is 5.75 Å². The van der Waals surface area contributed by atoms with E-state index in [1.54, 1.807) is 48.5 Å². The number of H-pyrrole nitrogens is 1. The van der Waals surface area contributed by atoms with Gasteiger partial charge in [-0.15, -0.1) is 0 Å². The second-order valence-electron chi connectivity index (χ2n) is 7.58. The lowest BCUT2D eigenvalue weighted by atomic mass is 10.0. The van der Waals surface area contributed by atoms with Gasteiger partial charge in [-0.3, -0.25) is 9.59 Å². The Morgan fingerprint density at radius 1 is 0.882 bits per heavy atom. The Labute approximate surface area is 195 Å². The molecule has 0 aliphatic heterocycles. The van der Waals surface area contributed by atoms with Gasteiger partial charge in [-0.05, 0) is 59.2 Å². The Balaban J connectivity index is 1.40. The second-order valence-corrected chi connectivity index (χ2v) is 7.58. The molecule has 34 heavy (non-hydrogen) atoms. The normalized spacial score (nSPS) is 10.5. The van der Waals surface area contributed by atoms with Crippen LogP contribution in [-0.2, 0) is 6.42 Å². The molecule has 3 N–H and O–H groups in total. The summed E-state index contributed by atoms with van der Waals surface area (Å²) in [7, 11) is 0. The average Bonchev–Trinajstić information content (AvgIpc) is 2.86. The van der Waals surface area contributed by atoms with Crippen LogP contribution in [-0.4, -0.2) is 28.6 Å². The fourth-order valence-electron chi connectivity index (χ4n) is 3.42. The van der Waals surface area contributed by atoms with Crippen molar-refractivity contribution in [3.05, 3.63) is 118 Å². The van der Waals surface area contributed by atoms with E-state index in [0.717, 1.165) is 6.42 Å². The highest BCUT2D eigenvalue weighted by atomic mass is 16.5. The van der Waals surface area contributed by atoms with Crippen molar-refractivity contribution in [3.63, 3.8) is 0 Å². The van der Waals surface area contributed by atoms with Gasteiger partial charge in [0.25, 0.3) is 11.5 Å². The third kappa shape index (κ3) is 5.58. The lowest BCUT2D eigenvalue weighted by Gasteiger charge is -2.10. The van der Waals surface area contributed by atoms with E-state index in [4.69, 9.17) is 4.74 Å². The number of aromatic carboxylic acids is 1. The van der Waals surface area contributed by atoms with E-state index >= 15 is 0 Å². The zero-order valence-corrected chi connectivity index (χ0v) is 18.2. The predicted octanol–water partition coefficient (Wildman–Crippen LogP) is 4.61. The molecule has 0 atom stereocenters. The van der Waals surface area contributed by atoms with Crippen molar-refractivity contribution in [2.24, 2.45) is 0 Å². The van der Waals surface area contributed by atoms with Crippen LogP contribution in [0.1, 0.15) is 26.3 Å². The maximum atomic E-state index is 12.7. The molecule has 0 saturated heterocycles. The quantitative estimate of drug-likeness (QED) is 0.360. The van der Waals surface area contributed by atoms with Gasteiger partial charge in [-0.1, -0.05) is 42.5 Å². The van der Waals surface area contributed by atoms with Crippen molar-refractivity contribution in [3.8, 4) is 16.9 Å². The van der Waals surface area contributed by atoms with E-state index in [0.29, 0.717) is 34.7 Å². The second kappa shape index (κ2) is 10.3. The summed E-state index contributed by atoms with van der Waals surface area (Å²) in [6.07, 6.45) is 2.22. The number of ether oxygens (including phenoxy) is 1. The van der Waals surface area contributed by atoms with E-state index < -0.39 is 11.5 Å². The molecular weight excluding hydrogens is 432 g/mol. The van der Waals surface area contributed by atoms with E-state index in [1.807, 2.05) is 18.2 Å². The van der Waals surface area contributed by atoms with Crippen LogP contribution in [0.2, 0.25) is 0 Å². The average molecular weight is 454 g/mol. The number of amides is 1. The summed E-state index contributed by atoms with van der Waals surface area (Å²) in [6.45, 7) is 0.552. The number of carbonyl (C=O) groups excluding carboxylic acids is 1. The summed E-state index contributed by atoms with van der Waals surface area (Å²) < 4.78 is 5.77. The summed E-state index contributed by atoms with van der Waals surface area (Å²) in [5, 5.41) is 12.0. The number of pyridine rings is 1. The molecule has 0 unspecified atom stereocenters. The molecule has 1 aromatic heterocycles. The molecule has 0 saturated carbocycles. The molecule has 4 aromatic rings. The minimum Gasteiger partial charge on any atom is -0.493 e. The third-order valence-electron chi connectivity index (χ3n) is 5.21. The van der Waals surface area contributed by atoms with Crippen LogP contribution in [0.15, 0.2) is 95.9 Å². The summed E-state index contributed by atoms with van der Waals surface area (Å²) in [6, 6.07) is 25.2. The molecule has 1 amide bonds. The molecule has 7 nitrogen and oxygen atoms in total. The largest absolute Gasteiger partial charge is 0.493 e. The number of rotatable bonds is 8. The van der Waals surface area contributed by atoms with Gasteiger partial charge in [-0.25, -0.2) is 4.79 Å². The van der Waals surface area contributed by atoms with Crippen LogP contribution in [0.3, 0.4) is 0 Å². The highest BCUT2D eigenvalue weighted by Gasteiger charge is 2.12. The van der Waals surface area contributed by atoms with Crippen LogP contribution in [0.25, 0.3) is 11.1 Å². The predicted molar refractivity (Wildman–Crippen MR) is 129 cm³/mol. The fourth-order valence-corrected chi connectivity index (χ4v) is 3.42. The van der Waals surface area contributed by atoms with Crippen molar-refractivity contribution in [1.82, 2.24) is 4.98 Å². The van der Waals surface area contributed by atoms with Gasteiger partial charge < -0.3 is 20.1 Å². The van der Waals surface area contributed by atoms with Crippen LogP contribution in [0, 0.1) is 0 Å². The van der Waals surface area contributed by atoms with Gasteiger partial charge in [0.15, 0.2) is 0 Å². The first kappa shape index (κ1) is 22.5. The number of nitrogens with one attached hydrogen (secondary N) is 2. The molecular formula is C27H22N2O5. The highest BCUT2D eigenvalue weighted by molar-refractivity contribution is 6.05. The Hall–Kier alpha value is -4.65. The molecule has 3 aromatic carbocycles. The van der Waals surface area contributed by atoms with Crippen LogP contribution < -0.4 is 15.6 Å². The summed E-state index contributed by atoms with van der Waals surface area (Å²) in [5.41, 5.74) is 2.26. The first-order chi connectivity index (χ1) is 16.5. The number of aromatic nitrogens is 1. The molecule has 170 valence electrons. The van der Waals surface area contributed by atoms with Crippen molar-refractivity contribution in [1.29, 1.82) is 0 Å². The van der Waals surface area contributed by atoms with E-state index in [-0.39, 0.29) is 11.5 Å². The van der Waals surface area contributed by atoms with Crippen molar-refractivity contribution >= 4 is 17.6 Å². The summed E-state index contributed by atoms with van der Waals surface area (Å²) >= 11 is 0. The Kier molecular flexibility index (Phi) is 6.84. The molecule has 7 heteroatoms. The number of benzene rings is 3. The number of hydrogen-bond donors (Lipinski definition) is 3. The molecule has 0 aliphatic rings. The van der Waals surface area contributed by atoms with Gasteiger partial charge in [-0.2, -0.15) is 0 Å². The van der Waals surface area contributed by atoms with Gasteiger partial charge >= 0.3 is 5.97 Å². The first-order valence-electron chi connectivity index (χ1n) is 10.6. The Morgan fingerprint density at radius 2 is 1.65 bits per heavy atom. The maximum absolute atomic E-state index is 12.7. The van der Waals surface area contributed by atoms with E-state index in [2.05, 4.69) is 22.4 Å². The number of carboxylic acids is 1. The number of carboxylic acid groups (broad SMARTS) is 1. The zero-order chi connectivity index (χ0) is 23.9. The van der Waals surface area contributed by atoms with Crippen LogP contribution >= 0.6 is 0 Å². The summed E-state index contributed by atoms with van der Waals surface area (Å²) in [5.74, 6) is -0.921. The monoisotopic (exact) mass is 454 g/mol. The molecule has 0 bridgehead atoms. The minimum absolute atomic E-state index is 0.317. The fraction of sp³-hybridized carbons (Fsp3) is 0.0741. The van der Waals surface area contributed by atoms with E-state index in [9.17, 15) is 19.5 Å². The summed E-state index contributed by atoms with van der Waals surface area (Å²) in [4.78, 5) is 38.1. The lowest BCUT2D eigenvalue weighted by molar-refractivity contribution is 0.0694. The molecule has 0 fully saturated rings. The van der Waals surface area contributed by atoms with Crippen molar-refractivity contribution in [2.75, 3.05) is 11.9 Å². The number of hydrogen-bond acceptors (Lipinski definition) is 4. The van der Waals surface area contributed by atoms with E-state index in [1.165, 1.54) is 17.8 Å². The van der Waals surface area contributed by atoms with Crippen LogP contribution in [0.4, 0.5) is 5.69 Å². The Morgan fingerprint density at radius 3 is 2.38 bits per heavy atom. The number of aromatic amines is 1. The SMILES string of the molecule is O=C(Nc1ccc(OCCc2ccccc2)cc1)c1cccc(-c2c[nH]c(=O)c(C(=O)O)c2)c1. The molecule has 0 radical (unpaired) electrons. The molecule has 4 rings (SSSR count). The number of carbonyl (C=O) groups is 2. The molecule has 0 spiro atoms. The third-order valence-corrected chi connectivity index (χ3v) is 5.21. The maximum Gasteiger partial charge on any atom is 0.341 e. The first-order valence-corrected chi connectivity index (χ1v) is 10.6. The van der Waals surface area contributed by atoms with Gasteiger partial charge in [0, 0.05) is 23.9 Å². The molecule has 0 aliphatic carbocycles. The van der Waals surface area contributed by atoms with Crippen molar-refractivity contribution in [2.45, 2.75) is 6.42 Å². The van der Waals surface area contributed by atoms with Gasteiger partial charge in [0.1, 0.15) is 11.3 Å². The topological polar surface area (TPSA) is 108 Å². The minimum atomic E-state index is -1.32. The number of anilines is 1. The van der Waals surface area contributed by atoms with Gasteiger partial charge in [0.2, 0.25) is 0 Å². The molecule has 1 heterocycles. The lowest BCUT2D eigenvalue weighted by Crippen LogP contribution is -2.16. The van der Waals surface area contributed by atoms with Crippen molar-refractivity contribution < 1.29 is 19.4 Å². The standard InChI is InChI=1S/C27H22N2O5/c30-25(20-8-4-7-19(15-20)21-16-24(27(32)33)26(31)28-17-21)29-22-9-11-23(12-10-22)34-14-13-18-5-2-1-3-6-18/h1-12,15-17H,13-14H2,(H,28,31)(H,29,30)(H,32,33).